The highest BCUT2D eigenvalue weighted by Crippen LogP contribution is 2.51. The minimum Gasteiger partial charge on any atom is -0.374 e. The number of likely N-dealkylation sites (N-methyl/N-ethyl adjacent to an activating group) is 1. The number of piperazine rings is 1. The maximum Gasteiger partial charge on any atom is 0.229 e. The maximum atomic E-state index is 12.7. The van der Waals surface area contributed by atoms with Gasteiger partial charge in [-0.1, -0.05) is 31.7 Å². The molecule has 0 radical (unpaired) electrons. The molecule has 1 unspecified atom stereocenters. The molecule has 236 valence electrons. The Hall–Kier alpha value is -3.34. The second-order valence-electron chi connectivity index (χ2n) is 13.8. The fourth-order valence-corrected chi connectivity index (χ4v) is 7.25. The molecule has 0 spiro atoms. The third-order valence-electron chi connectivity index (χ3n) is 10.0. The highest BCUT2D eigenvalue weighted by Gasteiger charge is 2.55. The molecule has 1 amide bonds. The van der Waals surface area contributed by atoms with Crippen LogP contribution in [0, 0.1) is 0 Å². The number of hydrogen-bond donors (Lipinski definition) is 1. The minimum absolute atomic E-state index is 0.0402. The largest absolute Gasteiger partial charge is 0.374 e. The normalized spacial score (nSPS) is 31.0. The van der Waals surface area contributed by atoms with E-state index in [1.54, 1.807) is 4.90 Å². The van der Waals surface area contributed by atoms with Crippen molar-refractivity contribution in [3.05, 3.63) is 60.2 Å². The lowest BCUT2D eigenvalue weighted by molar-refractivity contribution is -0.126. The molecule has 1 aromatic rings. The van der Waals surface area contributed by atoms with Gasteiger partial charge in [-0.2, -0.15) is 4.98 Å². The summed E-state index contributed by atoms with van der Waals surface area (Å²) in [5, 5.41) is 3.48. The number of carbonyl (C=O) groups excluding carboxylic acids is 1. The van der Waals surface area contributed by atoms with E-state index in [1.807, 2.05) is 25.3 Å². The Kier molecular flexibility index (Phi) is 8.28. The van der Waals surface area contributed by atoms with E-state index < -0.39 is 0 Å². The average Bonchev–Trinajstić information content (AvgIpc) is 3.45. The minimum atomic E-state index is -0.330. The molecule has 0 saturated carbocycles. The number of aromatic nitrogens is 2. The van der Waals surface area contributed by atoms with Crippen molar-refractivity contribution in [3.63, 3.8) is 0 Å². The molecule has 5 heterocycles. The zero-order chi connectivity index (χ0) is 31.2. The molecule has 5 aliphatic rings. The molecule has 44 heavy (non-hydrogen) atoms. The number of allylic oxidation sites excluding steroid dienone is 2. The number of fused-ring (bicyclic) bond motifs is 3. The predicted molar refractivity (Wildman–Crippen MR) is 176 cm³/mol. The van der Waals surface area contributed by atoms with Gasteiger partial charge < -0.3 is 19.9 Å². The molecule has 0 aromatic carbocycles. The average molecular weight is 601 g/mol. The van der Waals surface area contributed by atoms with E-state index in [1.165, 1.54) is 0 Å². The molecule has 10 heteroatoms. The zero-order valence-electron chi connectivity index (χ0n) is 27.2. The summed E-state index contributed by atoms with van der Waals surface area (Å²) in [5.74, 6) is 2.62. The van der Waals surface area contributed by atoms with Gasteiger partial charge in [-0.25, -0.2) is 9.98 Å². The van der Waals surface area contributed by atoms with Gasteiger partial charge in [-0.15, -0.1) is 0 Å². The summed E-state index contributed by atoms with van der Waals surface area (Å²) in [6.45, 7) is 19.8. The zero-order valence-corrected chi connectivity index (χ0v) is 27.2. The second-order valence-corrected chi connectivity index (χ2v) is 13.8. The molecule has 10 nitrogen and oxygen atoms in total. The smallest absolute Gasteiger partial charge is 0.229 e. The molecule has 1 aromatic heterocycles. The summed E-state index contributed by atoms with van der Waals surface area (Å²) >= 11 is 0. The maximum absolute atomic E-state index is 12.7. The molecular weight excluding hydrogens is 552 g/mol. The monoisotopic (exact) mass is 600 g/mol. The summed E-state index contributed by atoms with van der Waals surface area (Å²) in [4.78, 5) is 36.6. The van der Waals surface area contributed by atoms with E-state index in [4.69, 9.17) is 19.7 Å². The summed E-state index contributed by atoms with van der Waals surface area (Å²) in [6.07, 6.45) is 15.7. The van der Waals surface area contributed by atoms with Gasteiger partial charge in [0.05, 0.1) is 18.2 Å². The SMILES string of the molecule is C=C(/N=C(\C=C/C)N1c2nc(NC3=CCC(N4CCN(C)CC4)C=C3)ncc2[C@@]2(C)COC(C)(C)C[C@@H]12)N1C(=O)CC[C@@H]1C. The van der Waals surface area contributed by atoms with Crippen LogP contribution >= 0.6 is 0 Å². The summed E-state index contributed by atoms with van der Waals surface area (Å²) < 4.78 is 6.38. The number of amides is 1. The first kappa shape index (κ1) is 30.7. The predicted octanol–water partition coefficient (Wildman–Crippen LogP) is 4.45. The first-order valence-electron chi connectivity index (χ1n) is 16.1. The first-order chi connectivity index (χ1) is 21.0. The topological polar surface area (TPSA) is 89.4 Å². The van der Waals surface area contributed by atoms with Gasteiger partial charge in [-0.05, 0) is 66.2 Å². The third-order valence-corrected chi connectivity index (χ3v) is 10.0. The Bertz CT molecular complexity index is 1420. The van der Waals surface area contributed by atoms with Crippen molar-refractivity contribution < 1.29 is 9.53 Å². The lowest BCUT2D eigenvalue weighted by atomic mass is 9.73. The van der Waals surface area contributed by atoms with Crippen LogP contribution in [-0.2, 0) is 14.9 Å². The van der Waals surface area contributed by atoms with Crippen molar-refractivity contribution in [2.45, 2.75) is 89.4 Å². The molecule has 0 bridgehead atoms. The fraction of sp³-hybridized carbons (Fsp3) is 0.588. The highest BCUT2D eigenvalue weighted by atomic mass is 16.5. The van der Waals surface area contributed by atoms with E-state index in [9.17, 15) is 4.79 Å². The molecule has 1 N–H and O–H groups in total. The first-order valence-corrected chi connectivity index (χ1v) is 16.1. The van der Waals surface area contributed by atoms with Gasteiger partial charge in [0.2, 0.25) is 11.9 Å². The molecule has 1 aliphatic carbocycles. The van der Waals surface area contributed by atoms with Gasteiger partial charge in [-0.3, -0.25) is 14.6 Å². The van der Waals surface area contributed by atoms with Crippen molar-refractivity contribution in [1.82, 2.24) is 24.7 Å². The lowest BCUT2D eigenvalue weighted by Gasteiger charge is -2.46. The number of rotatable bonds is 6. The van der Waals surface area contributed by atoms with Crippen molar-refractivity contribution in [1.29, 1.82) is 0 Å². The highest BCUT2D eigenvalue weighted by molar-refractivity contribution is 6.08. The number of ether oxygens (including phenoxy) is 1. The van der Waals surface area contributed by atoms with Crippen LogP contribution in [0.1, 0.15) is 65.9 Å². The van der Waals surface area contributed by atoms with Gasteiger partial charge >= 0.3 is 0 Å². The summed E-state index contributed by atoms with van der Waals surface area (Å²) in [5.41, 5.74) is 1.41. The Morgan fingerprint density at radius 1 is 1.20 bits per heavy atom. The number of anilines is 2. The number of amidine groups is 1. The lowest BCUT2D eigenvalue weighted by Crippen LogP contribution is -2.56. The van der Waals surface area contributed by atoms with Gasteiger partial charge in [0, 0.05) is 67.6 Å². The third kappa shape index (κ3) is 5.75. The quantitative estimate of drug-likeness (QED) is 0.379. The molecule has 4 atom stereocenters. The van der Waals surface area contributed by atoms with Crippen LogP contribution in [0.3, 0.4) is 0 Å². The molecule has 4 aliphatic heterocycles. The Morgan fingerprint density at radius 2 is 1.98 bits per heavy atom. The van der Waals surface area contributed by atoms with Gasteiger partial charge in [0.1, 0.15) is 17.5 Å². The second kappa shape index (κ2) is 11.9. The molecule has 6 rings (SSSR count). The number of carbonyl (C=O) groups is 1. The molecular formula is C34H48N8O2. The Labute approximate surface area is 262 Å². The summed E-state index contributed by atoms with van der Waals surface area (Å²) in [6, 6.07) is 0.544. The molecule has 3 fully saturated rings. The van der Waals surface area contributed by atoms with Crippen molar-refractivity contribution >= 4 is 23.5 Å². The van der Waals surface area contributed by atoms with Gasteiger partial charge in [0.15, 0.2) is 0 Å². The van der Waals surface area contributed by atoms with E-state index in [2.05, 4.69) is 79.6 Å². The fourth-order valence-electron chi connectivity index (χ4n) is 7.25. The van der Waals surface area contributed by atoms with Crippen molar-refractivity contribution in [2.24, 2.45) is 4.99 Å². The van der Waals surface area contributed by atoms with Crippen LogP contribution < -0.4 is 10.2 Å². The van der Waals surface area contributed by atoms with E-state index in [-0.39, 0.29) is 29.0 Å². The van der Waals surface area contributed by atoms with Gasteiger partial charge in [0.25, 0.3) is 0 Å². The van der Waals surface area contributed by atoms with E-state index in [0.717, 1.165) is 62.5 Å². The molecule has 3 saturated heterocycles. The number of likely N-dealkylation sites (tertiary alicyclic amines) is 1. The van der Waals surface area contributed by atoms with Crippen LogP contribution in [-0.4, -0.2) is 100.0 Å². The summed E-state index contributed by atoms with van der Waals surface area (Å²) in [7, 11) is 2.19. The van der Waals surface area contributed by atoms with Crippen LogP contribution in [0.4, 0.5) is 11.8 Å². The number of nitrogens with zero attached hydrogens (tertiary/aromatic N) is 7. The van der Waals surface area contributed by atoms with Crippen LogP contribution in [0.5, 0.6) is 0 Å². The van der Waals surface area contributed by atoms with Crippen molar-refractivity contribution in [2.75, 3.05) is 50.1 Å². The van der Waals surface area contributed by atoms with E-state index in [0.29, 0.717) is 36.7 Å². The number of hydrogen-bond acceptors (Lipinski definition) is 8. The Morgan fingerprint density at radius 3 is 2.64 bits per heavy atom. The van der Waals surface area contributed by atoms with Crippen LogP contribution in [0.2, 0.25) is 0 Å². The number of nitrogens with one attached hydrogen (secondary N) is 1. The van der Waals surface area contributed by atoms with E-state index >= 15 is 0 Å². The van der Waals surface area contributed by atoms with Crippen molar-refractivity contribution in [3.8, 4) is 0 Å². The number of aliphatic imine (C=N–C) groups is 1. The van der Waals surface area contributed by atoms with Crippen LogP contribution in [0.15, 0.2) is 59.7 Å². The Balaban J connectivity index is 1.31. The van der Waals surface area contributed by atoms with Crippen LogP contribution in [0.25, 0.3) is 0 Å². The standard InChI is InChI=1S/C34H48N8O2/c1-8-9-29(36-24(3)41-23(2)10-15-30(41)43)42-28-20-33(4,5)44-22-34(28,6)27-21-35-32(38-31(27)42)37-25-11-13-26(14-12-25)40-18-16-39(7)17-19-40/h8-9,11-13,21,23,26,28H,3,10,14-20,22H2,1-2,4-7H3,(H,35,37,38)/b9-8-,36-29+/t23-,26?,28+,34+/m0/s1.